The number of carboxylic acids is 1. The first kappa shape index (κ1) is 16.0. The normalized spacial score (nSPS) is 12.9. The molecule has 0 radical (unpaired) electrons. The van der Waals surface area contributed by atoms with Crippen LogP contribution in [0, 0.1) is 0 Å². The highest BCUT2D eigenvalue weighted by molar-refractivity contribution is 9.10. The Balaban J connectivity index is 2.47. The first-order valence-corrected chi connectivity index (χ1v) is 8.14. The zero-order chi connectivity index (χ0) is 14.5. The Morgan fingerprint density at radius 3 is 2.47 bits per heavy atom. The van der Waals surface area contributed by atoms with Crippen molar-refractivity contribution in [2.45, 2.75) is 18.6 Å². The molecule has 1 aromatic rings. The van der Waals surface area contributed by atoms with E-state index in [2.05, 4.69) is 15.9 Å². The van der Waals surface area contributed by atoms with Gasteiger partial charge in [-0.05, 0) is 31.2 Å². The predicted octanol–water partition coefficient (Wildman–Crippen LogP) is 2.11. The Morgan fingerprint density at radius 2 is 1.95 bits per heavy atom. The fourth-order valence-electron chi connectivity index (χ4n) is 1.38. The van der Waals surface area contributed by atoms with Gasteiger partial charge in [-0.25, -0.2) is 8.42 Å². The Bertz CT molecular complexity index is 524. The molecule has 1 N–H and O–H groups in total. The van der Waals surface area contributed by atoms with Crippen molar-refractivity contribution in [3.8, 4) is 5.75 Å². The van der Waals surface area contributed by atoms with Gasteiger partial charge in [0.2, 0.25) is 0 Å². The molecule has 0 spiro atoms. The maximum atomic E-state index is 11.8. The molecular formula is C12H15BrO5S. The molecule has 7 heteroatoms. The Morgan fingerprint density at radius 1 is 1.37 bits per heavy atom. The average Bonchev–Trinajstić information content (AvgIpc) is 2.30. The van der Waals surface area contributed by atoms with Gasteiger partial charge in [0.05, 0.1) is 17.4 Å². The lowest BCUT2D eigenvalue weighted by Gasteiger charge is -2.11. The molecule has 0 amide bonds. The van der Waals surface area contributed by atoms with Crippen LogP contribution >= 0.6 is 15.9 Å². The van der Waals surface area contributed by atoms with Gasteiger partial charge in [0.15, 0.2) is 9.84 Å². The van der Waals surface area contributed by atoms with Gasteiger partial charge >= 0.3 is 5.97 Å². The third-order valence-corrected chi connectivity index (χ3v) is 5.18. The molecule has 0 bridgehead atoms. The molecule has 0 saturated heterocycles. The van der Waals surface area contributed by atoms with Crippen molar-refractivity contribution >= 4 is 31.7 Å². The molecule has 0 aromatic heterocycles. The Labute approximate surface area is 120 Å². The monoisotopic (exact) mass is 350 g/mol. The summed E-state index contributed by atoms with van der Waals surface area (Å²) in [4.78, 5) is 10.5. The molecule has 19 heavy (non-hydrogen) atoms. The molecular weight excluding hydrogens is 336 g/mol. The summed E-state index contributed by atoms with van der Waals surface area (Å²) in [7, 11) is -3.45. The van der Waals surface area contributed by atoms with E-state index < -0.39 is 21.1 Å². The van der Waals surface area contributed by atoms with Crippen molar-refractivity contribution in [2.24, 2.45) is 0 Å². The van der Waals surface area contributed by atoms with Gasteiger partial charge in [-0.3, -0.25) is 4.79 Å². The summed E-state index contributed by atoms with van der Waals surface area (Å²) >= 11 is 3.28. The summed E-state index contributed by atoms with van der Waals surface area (Å²) < 4.78 is 29.7. The number of halogens is 1. The molecule has 0 aliphatic carbocycles. The van der Waals surface area contributed by atoms with Crippen LogP contribution in [0.2, 0.25) is 0 Å². The second kappa shape index (κ2) is 6.91. The van der Waals surface area contributed by atoms with Gasteiger partial charge in [-0.1, -0.05) is 15.9 Å². The second-order valence-corrected chi connectivity index (χ2v) is 7.53. The quantitative estimate of drug-likeness (QED) is 0.814. The van der Waals surface area contributed by atoms with E-state index in [-0.39, 0.29) is 18.8 Å². The average molecular weight is 351 g/mol. The SMILES string of the molecule is CC(CC(=O)O)S(=O)(=O)CCOc1ccc(Br)cc1. The van der Waals surface area contributed by atoms with E-state index in [1.165, 1.54) is 6.92 Å². The minimum absolute atomic E-state index is 0.00786. The first-order valence-electron chi connectivity index (χ1n) is 5.63. The molecule has 5 nitrogen and oxygen atoms in total. The smallest absolute Gasteiger partial charge is 0.304 e. The number of carboxylic acid groups (broad SMARTS) is 1. The van der Waals surface area contributed by atoms with Crippen molar-refractivity contribution in [1.29, 1.82) is 0 Å². The highest BCUT2D eigenvalue weighted by Gasteiger charge is 2.23. The minimum Gasteiger partial charge on any atom is -0.493 e. The maximum Gasteiger partial charge on any atom is 0.304 e. The molecule has 1 aromatic carbocycles. The Hall–Kier alpha value is -1.08. The number of aliphatic carboxylic acids is 1. The zero-order valence-electron chi connectivity index (χ0n) is 10.4. The number of sulfone groups is 1. The summed E-state index contributed by atoms with van der Waals surface area (Å²) in [5, 5.41) is 7.67. The topological polar surface area (TPSA) is 80.7 Å². The van der Waals surface area contributed by atoms with Crippen molar-refractivity contribution in [3.05, 3.63) is 28.7 Å². The van der Waals surface area contributed by atoms with Gasteiger partial charge in [-0.2, -0.15) is 0 Å². The van der Waals surface area contributed by atoms with Gasteiger partial charge in [0.1, 0.15) is 12.4 Å². The number of hydrogen-bond donors (Lipinski definition) is 1. The van der Waals surface area contributed by atoms with E-state index in [0.717, 1.165) is 4.47 Å². The fourth-order valence-corrected chi connectivity index (χ4v) is 2.76. The van der Waals surface area contributed by atoms with E-state index >= 15 is 0 Å². The van der Waals surface area contributed by atoms with Crippen LogP contribution in [0.1, 0.15) is 13.3 Å². The van der Waals surface area contributed by atoms with E-state index in [4.69, 9.17) is 9.84 Å². The van der Waals surface area contributed by atoms with Crippen LogP contribution in [0.3, 0.4) is 0 Å². The molecule has 0 saturated carbocycles. The summed E-state index contributed by atoms with van der Waals surface area (Å²) in [6, 6.07) is 7.02. The predicted molar refractivity (Wildman–Crippen MR) is 75.1 cm³/mol. The lowest BCUT2D eigenvalue weighted by Crippen LogP contribution is -2.26. The maximum absolute atomic E-state index is 11.8. The van der Waals surface area contributed by atoms with E-state index in [9.17, 15) is 13.2 Å². The minimum atomic E-state index is -3.45. The molecule has 0 aliphatic heterocycles. The van der Waals surface area contributed by atoms with Crippen LogP contribution in [0.25, 0.3) is 0 Å². The Kier molecular flexibility index (Phi) is 5.81. The van der Waals surface area contributed by atoms with Crippen LogP contribution in [-0.2, 0) is 14.6 Å². The van der Waals surface area contributed by atoms with E-state index in [1.54, 1.807) is 24.3 Å². The summed E-state index contributed by atoms with van der Waals surface area (Å²) in [5.41, 5.74) is 0. The molecule has 1 unspecified atom stereocenters. The molecule has 0 aliphatic rings. The molecule has 0 fully saturated rings. The molecule has 1 rings (SSSR count). The van der Waals surface area contributed by atoms with Gasteiger partial charge in [0, 0.05) is 4.47 Å². The lowest BCUT2D eigenvalue weighted by atomic mass is 10.3. The summed E-state index contributed by atoms with van der Waals surface area (Å²) in [6.07, 6.45) is -0.388. The van der Waals surface area contributed by atoms with E-state index in [0.29, 0.717) is 5.75 Å². The van der Waals surface area contributed by atoms with Gasteiger partial charge in [-0.15, -0.1) is 0 Å². The first-order chi connectivity index (χ1) is 8.81. The summed E-state index contributed by atoms with van der Waals surface area (Å²) in [5.74, 6) is -0.744. The van der Waals surface area contributed by atoms with Gasteiger partial charge < -0.3 is 9.84 Å². The van der Waals surface area contributed by atoms with Crippen LogP contribution in [0.5, 0.6) is 5.75 Å². The number of rotatable bonds is 7. The number of hydrogen-bond acceptors (Lipinski definition) is 4. The van der Waals surface area contributed by atoms with E-state index in [1.807, 2.05) is 0 Å². The van der Waals surface area contributed by atoms with Crippen LogP contribution in [0.15, 0.2) is 28.7 Å². The molecule has 0 heterocycles. The van der Waals surface area contributed by atoms with Crippen molar-refractivity contribution < 1.29 is 23.1 Å². The van der Waals surface area contributed by atoms with Crippen molar-refractivity contribution in [1.82, 2.24) is 0 Å². The number of carbonyl (C=O) groups is 1. The third kappa shape index (κ3) is 5.61. The highest BCUT2D eigenvalue weighted by atomic mass is 79.9. The summed E-state index contributed by atoms with van der Waals surface area (Å²) in [6.45, 7) is 1.40. The molecule has 1 atom stereocenters. The zero-order valence-corrected chi connectivity index (χ0v) is 12.8. The van der Waals surface area contributed by atoms with Crippen molar-refractivity contribution in [3.63, 3.8) is 0 Å². The highest BCUT2D eigenvalue weighted by Crippen LogP contribution is 2.16. The number of benzene rings is 1. The van der Waals surface area contributed by atoms with Crippen molar-refractivity contribution in [2.75, 3.05) is 12.4 Å². The van der Waals surface area contributed by atoms with Crippen LogP contribution < -0.4 is 4.74 Å². The largest absolute Gasteiger partial charge is 0.493 e. The van der Waals surface area contributed by atoms with Gasteiger partial charge in [0.25, 0.3) is 0 Å². The number of ether oxygens (including phenoxy) is 1. The lowest BCUT2D eigenvalue weighted by molar-refractivity contribution is -0.136. The van der Waals surface area contributed by atoms with Crippen LogP contribution in [-0.4, -0.2) is 37.1 Å². The third-order valence-electron chi connectivity index (χ3n) is 2.53. The standard InChI is InChI=1S/C12H15BrO5S/c1-9(8-12(14)15)19(16,17)7-6-18-11-4-2-10(13)3-5-11/h2-5,9H,6-8H2,1H3,(H,14,15). The molecule has 106 valence electrons. The second-order valence-electron chi connectivity index (χ2n) is 4.08. The fraction of sp³-hybridized carbons (Fsp3) is 0.417. The van der Waals surface area contributed by atoms with Crippen LogP contribution in [0.4, 0.5) is 0 Å².